The van der Waals surface area contributed by atoms with Crippen LogP contribution in [0.25, 0.3) is 0 Å². The smallest absolute Gasteiger partial charge is 0.123 e. The lowest BCUT2D eigenvalue weighted by Crippen LogP contribution is -2.18. The average Bonchev–Trinajstić information content (AvgIpc) is 2.81. The van der Waals surface area contributed by atoms with Crippen molar-refractivity contribution in [3.05, 3.63) is 59.2 Å². The zero-order chi connectivity index (χ0) is 15.0. The van der Waals surface area contributed by atoms with E-state index in [4.69, 9.17) is 4.74 Å². The molecule has 2 aromatic rings. The van der Waals surface area contributed by atoms with E-state index in [-0.39, 0.29) is 5.41 Å². The van der Waals surface area contributed by atoms with Crippen molar-refractivity contribution in [3.63, 3.8) is 0 Å². The van der Waals surface area contributed by atoms with Gasteiger partial charge in [0.25, 0.3) is 0 Å². The van der Waals surface area contributed by atoms with Crippen molar-refractivity contribution in [1.82, 2.24) is 0 Å². The molecular formula is C18H20O2S. The van der Waals surface area contributed by atoms with Crippen LogP contribution in [0.4, 0.5) is 0 Å². The Morgan fingerprint density at radius 3 is 2.71 bits per heavy atom. The largest absolute Gasteiger partial charge is 0.492 e. The van der Waals surface area contributed by atoms with Crippen LogP contribution in [0.15, 0.2) is 47.4 Å². The molecular weight excluding hydrogens is 280 g/mol. The SMILES string of the molecule is CSc1ccccc1C(O)c1ccc2c(c1)C(C)(C)CO2. The highest BCUT2D eigenvalue weighted by atomic mass is 32.2. The Balaban J connectivity index is 2.01. The Hall–Kier alpha value is -1.45. The zero-order valence-corrected chi connectivity index (χ0v) is 13.4. The Bertz CT molecular complexity index is 664. The van der Waals surface area contributed by atoms with Crippen molar-refractivity contribution >= 4 is 11.8 Å². The van der Waals surface area contributed by atoms with Gasteiger partial charge in [-0.3, -0.25) is 0 Å². The lowest BCUT2D eigenvalue weighted by molar-refractivity contribution is 0.217. The van der Waals surface area contributed by atoms with Crippen molar-refractivity contribution in [2.75, 3.05) is 12.9 Å². The topological polar surface area (TPSA) is 29.5 Å². The summed E-state index contributed by atoms with van der Waals surface area (Å²) in [4.78, 5) is 1.11. The van der Waals surface area contributed by atoms with E-state index in [0.29, 0.717) is 6.61 Å². The van der Waals surface area contributed by atoms with Gasteiger partial charge in [-0.1, -0.05) is 38.1 Å². The molecule has 2 aromatic carbocycles. The molecule has 0 bridgehead atoms. The number of benzene rings is 2. The number of aliphatic hydroxyl groups is 1. The Kier molecular flexibility index (Phi) is 3.72. The molecule has 21 heavy (non-hydrogen) atoms. The Labute approximate surface area is 130 Å². The van der Waals surface area contributed by atoms with Gasteiger partial charge >= 0.3 is 0 Å². The first-order chi connectivity index (χ1) is 10.0. The molecule has 2 nitrogen and oxygen atoms in total. The predicted octanol–water partition coefficient (Wildman–Crippen LogP) is 4.16. The fraction of sp³-hybridized carbons (Fsp3) is 0.333. The first kappa shape index (κ1) is 14.5. The van der Waals surface area contributed by atoms with Gasteiger partial charge < -0.3 is 9.84 Å². The number of aliphatic hydroxyl groups excluding tert-OH is 1. The first-order valence-electron chi connectivity index (χ1n) is 7.11. The van der Waals surface area contributed by atoms with Crippen LogP contribution in [-0.2, 0) is 5.41 Å². The van der Waals surface area contributed by atoms with Gasteiger partial charge in [0.2, 0.25) is 0 Å². The van der Waals surface area contributed by atoms with E-state index in [9.17, 15) is 5.11 Å². The molecule has 1 aliphatic rings. The van der Waals surface area contributed by atoms with E-state index in [1.807, 2.05) is 42.7 Å². The minimum Gasteiger partial charge on any atom is -0.492 e. The van der Waals surface area contributed by atoms with Crippen LogP contribution < -0.4 is 4.74 Å². The molecule has 1 N–H and O–H groups in total. The summed E-state index contributed by atoms with van der Waals surface area (Å²) in [6.45, 7) is 5.04. The van der Waals surface area contributed by atoms with Crippen molar-refractivity contribution in [3.8, 4) is 5.75 Å². The van der Waals surface area contributed by atoms with Gasteiger partial charge in [-0.15, -0.1) is 11.8 Å². The van der Waals surface area contributed by atoms with Crippen LogP contribution in [0.2, 0.25) is 0 Å². The normalized spacial score (nSPS) is 17.1. The summed E-state index contributed by atoms with van der Waals surface area (Å²) in [7, 11) is 0. The van der Waals surface area contributed by atoms with E-state index in [1.54, 1.807) is 11.8 Å². The molecule has 3 heteroatoms. The van der Waals surface area contributed by atoms with Crippen LogP contribution in [0.3, 0.4) is 0 Å². The molecule has 0 fully saturated rings. The molecule has 0 saturated heterocycles. The van der Waals surface area contributed by atoms with Gasteiger partial charge in [-0.05, 0) is 35.6 Å². The molecule has 0 aliphatic carbocycles. The summed E-state index contributed by atoms with van der Waals surface area (Å²) in [6, 6.07) is 14.0. The quantitative estimate of drug-likeness (QED) is 0.863. The standard InChI is InChI=1S/C18H20O2S/c1-18(2)11-20-15-9-8-12(10-14(15)18)17(19)13-6-4-5-7-16(13)21-3/h4-10,17,19H,11H2,1-3H3. The van der Waals surface area contributed by atoms with Gasteiger partial charge in [0.15, 0.2) is 0 Å². The molecule has 0 amide bonds. The van der Waals surface area contributed by atoms with Crippen LogP contribution in [0, 0.1) is 0 Å². The molecule has 1 heterocycles. The van der Waals surface area contributed by atoms with E-state index in [1.165, 1.54) is 5.56 Å². The van der Waals surface area contributed by atoms with Gasteiger partial charge in [0, 0.05) is 15.9 Å². The second-order valence-electron chi connectivity index (χ2n) is 6.07. The minimum atomic E-state index is -0.602. The first-order valence-corrected chi connectivity index (χ1v) is 8.33. The second kappa shape index (κ2) is 5.39. The van der Waals surface area contributed by atoms with Crippen LogP contribution in [0.5, 0.6) is 5.75 Å². The minimum absolute atomic E-state index is 0.00406. The van der Waals surface area contributed by atoms with Crippen molar-refractivity contribution in [2.45, 2.75) is 30.3 Å². The average molecular weight is 300 g/mol. The highest BCUT2D eigenvalue weighted by molar-refractivity contribution is 7.98. The van der Waals surface area contributed by atoms with E-state index in [2.05, 4.69) is 19.9 Å². The molecule has 0 spiro atoms. The zero-order valence-electron chi connectivity index (χ0n) is 12.6. The van der Waals surface area contributed by atoms with Gasteiger partial charge in [0.1, 0.15) is 11.9 Å². The molecule has 1 unspecified atom stereocenters. The third-order valence-corrected chi connectivity index (χ3v) is 4.88. The monoisotopic (exact) mass is 300 g/mol. The molecule has 0 aromatic heterocycles. The number of rotatable bonds is 3. The maximum absolute atomic E-state index is 10.8. The molecule has 0 radical (unpaired) electrons. The maximum Gasteiger partial charge on any atom is 0.123 e. The third kappa shape index (κ3) is 2.56. The third-order valence-electron chi connectivity index (χ3n) is 4.07. The lowest BCUT2D eigenvalue weighted by Gasteiger charge is -2.19. The Morgan fingerprint density at radius 1 is 1.19 bits per heavy atom. The summed E-state index contributed by atoms with van der Waals surface area (Å²) in [5.74, 6) is 0.939. The molecule has 3 rings (SSSR count). The summed E-state index contributed by atoms with van der Waals surface area (Å²) in [5.41, 5.74) is 3.07. The van der Waals surface area contributed by atoms with E-state index < -0.39 is 6.10 Å². The highest BCUT2D eigenvalue weighted by Gasteiger charge is 2.32. The van der Waals surface area contributed by atoms with Crippen LogP contribution >= 0.6 is 11.8 Å². The fourth-order valence-corrected chi connectivity index (χ4v) is 3.41. The van der Waals surface area contributed by atoms with Gasteiger partial charge in [0.05, 0.1) is 6.61 Å². The predicted molar refractivity (Wildman–Crippen MR) is 87.2 cm³/mol. The van der Waals surface area contributed by atoms with Gasteiger partial charge in [-0.25, -0.2) is 0 Å². The van der Waals surface area contributed by atoms with Crippen molar-refractivity contribution in [2.24, 2.45) is 0 Å². The van der Waals surface area contributed by atoms with Crippen LogP contribution in [0.1, 0.15) is 36.6 Å². The van der Waals surface area contributed by atoms with E-state index in [0.717, 1.165) is 21.8 Å². The summed E-state index contributed by atoms with van der Waals surface area (Å²) in [5, 5.41) is 10.8. The number of hydrogen-bond acceptors (Lipinski definition) is 3. The fourth-order valence-electron chi connectivity index (χ4n) is 2.78. The number of thioether (sulfide) groups is 1. The Morgan fingerprint density at radius 2 is 1.95 bits per heavy atom. The summed E-state index contributed by atoms with van der Waals surface area (Å²) in [6.07, 6.45) is 1.43. The number of hydrogen-bond donors (Lipinski definition) is 1. The summed E-state index contributed by atoms with van der Waals surface area (Å²) < 4.78 is 5.71. The second-order valence-corrected chi connectivity index (χ2v) is 6.92. The number of fused-ring (bicyclic) bond motifs is 1. The van der Waals surface area contributed by atoms with Crippen molar-refractivity contribution in [1.29, 1.82) is 0 Å². The van der Waals surface area contributed by atoms with Crippen LogP contribution in [-0.4, -0.2) is 18.0 Å². The van der Waals surface area contributed by atoms with E-state index >= 15 is 0 Å². The lowest BCUT2D eigenvalue weighted by atomic mass is 9.85. The number of ether oxygens (including phenoxy) is 1. The van der Waals surface area contributed by atoms with Gasteiger partial charge in [-0.2, -0.15) is 0 Å². The molecule has 0 saturated carbocycles. The molecule has 110 valence electrons. The molecule has 1 aliphatic heterocycles. The highest BCUT2D eigenvalue weighted by Crippen LogP contribution is 2.40. The van der Waals surface area contributed by atoms with Crippen molar-refractivity contribution < 1.29 is 9.84 Å². The summed E-state index contributed by atoms with van der Waals surface area (Å²) >= 11 is 1.66. The maximum atomic E-state index is 10.8. The molecule has 1 atom stereocenters.